The zero-order valence-corrected chi connectivity index (χ0v) is 18.9. The number of nitrogens with zero attached hydrogens (tertiary/aromatic N) is 1. The predicted octanol–water partition coefficient (Wildman–Crippen LogP) is 5.40. The smallest absolute Gasteiger partial charge is 0.270 e. The van der Waals surface area contributed by atoms with Crippen LogP contribution >= 0.6 is 35.4 Å². The average molecular weight is 483 g/mol. The van der Waals surface area contributed by atoms with Gasteiger partial charge < -0.3 is 4.74 Å². The van der Waals surface area contributed by atoms with Crippen LogP contribution in [0.25, 0.3) is 6.08 Å². The standard InChI is InChI=1S/C24H16Cl2N2O3S/c25-17-6-4-5-15(11-17)14-31-21-10-9-18(26)12-16(21)13-20-22(29)27-24(32)28(23(20)30)19-7-2-1-3-8-19/h1-13H,14H2,(H,27,29,32)/b20-13+. The molecule has 3 aromatic rings. The Morgan fingerprint density at radius 1 is 0.938 bits per heavy atom. The molecule has 2 amide bonds. The van der Waals surface area contributed by atoms with Crippen molar-refractivity contribution in [2.24, 2.45) is 0 Å². The first kappa shape index (κ1) is 22.0. The second kappa shape index (κ2) is 9.53. The van der Waals surface area contributed by atoms with Crippen molar-refractivity contribution in [3.05, 3.63) is 99.5 Å². The first-order valence-electron chi connectivity index (χ1n) is 9.55. The molecule has 0 unspecified atom stereocenters. The Hall–Kier alpha value is -3.19. The Labute approximate surface area is 200 Å². The van der Waals surface area contributed by atoms with Crippen LogP contribution in [-0.2, 0) is 16.2 Å². The number of para-hydroxylation sites is 1. The highest BCUT2D eigenvalue weighted by Crippen LogP contribution is 2.28. The number of amides is 2. The molecule has 0 radical (unpaired) electrons. The Morgan fingerprint density at radius 3 is 2.44 bits per heavy atom. The van der Waals surface area contributed by atoms with Crippen LogP contribution in [0.15, 0.2) is 78.4 Å². The lowest BCUT2D eigenvalue weighted by Gasteiger charge is -2.29. The topological polar surface area (TPSA) is 58.6 Å². The third kappa shape index (κ3) is 4.83. The molecule has 32 heavy (non-hydrogen) atoms. The highest BCUT2D eigenvalue weighted by Gasteiger charge is 2.34. The summed E-state index contributed by atoms with van der Waals surface area (Å²) < 4.78 is 5.93. The summed E-state index contributed by atoms with van der Waals surface area (Å²) in [6, 6.07) is 21.1. The number of carbonyl (C=O) groups is 2. The van der Waals surface area contributed by atoms with Crippen molar-refractivity contribution in [2.45, 2.75) is 6.61 Å². The molecular formula is C24H16Cl2N2O3S. The highest BCUT2D eigenvalue weighted by molar-refractivity contribution is 7.80. The molecule has 1 heterocycles. The lowest BCUT2D eigenvalue weighted by atomic mass is 10.1. The predicted molar refractivity (Wildman–Crippen MR) is 130 cm³/mol. The van der Waals surface area contributed by atoms with E-state index in [-0.39, 0.29) is 17.3 Å². The molecule has 1 saturated heterocycles. The van der Waals surface area contributed by atoms with Crippen molar-refractivity contribution in [3.8, 4) is 5.75 Å². The molecule has 0 atom stereocenters. The van der Waals surface area contributed by atoms with Gasteiger partial charge in [0.25, 0.3) is 11.8 Å². The number of hydrogen-bond donors (Lipinski definition) is 1. The minimum atomic E-state index is -0.590. The van der Waals surface area contributed by atoms with Crippen LogP contribution in [0.1, 0.15) is 11.1 Å². The number of hydrogen-bond acceptors (Lipinski definition) is 4. The van der Waals surface area contributed by atoms with Gasteiger partial charge in [-0.05, 0) is 66.3 Å². The van der Waals surface area contributed by atoms with Gasteiger partial charge in [-0.25, -0.2) is 0 Å². The SMILES string of the molecule is O=C1NC(=S)N(c2ccccc2)C(=O)/C1=C/c1cc(Cl)ccc1OCc1cccc(Cl)c1. The minimum Gasteiger partial charge on any atom is -0.488 e. The summed E-state index contributed by atoms with van der Waals surface area (Å²) in [5, 5.41) is 3.63. The molecular weight excluding hydrogens is 467 g/mol. The molecule has 1 fully saturated rings. The average Bonchev–Trinajstić information content (AvgIpc) is 2.77. The van der Waals surface area contributed by atoms with Gasteiger partial charge in [0.1, 0.15) is 17.9 Å². The normalized spacial score (nSPS) is 15.1. The van der Waals surface area contributed by atoms with Gasteiger partial charge >= 0.3 is 0 Å². The van der Waals surface area contributed by atoms with E-state index in [0.29, 0.717) is 27.0 Å². The van der Waals surface area contributed by atoms with Crippen molar-refractivity contribution in [1.29, 1.82) is 0 Å². The van der Waals surface area contributed by atoms with Gasteiger partial charge in [-0.1, -0.05) is 53.5 Å². The number of ether oxygens (including phenoxy) is 1. The summed E-state index contributed by atoms with van der Waals surface area (Å²) in [4.78, 5) is 27.1. The monoisotopic (exact) mass is 482 g/mol. The molecule has 3 aromatic carbocycles. The summed E-state index contributed by atoms with van der Waals surface area (Å²) in [6.45, 7) is 0.249. The maximum absolute atomic E-state index is 13.2. The molecule has 0 aromatic heterocycles. The third-order valence-corrected chi connectivity index (χ3v) is 5.43. The molecule has 160 valence electrons. The molecule has 1 aliphatic heterocycles. The van der Waals surface area contributed by atoms with E-state index >= 15 is 0 Å². The van der Waals surface area contributed by atoms with Crippen LogP contribution in [0.3, 0.4) is 0 Å². The lowest BCUT2D eigenvalue weighted by Crippen LogP contribution is -2.54. The molecule has 1 aliphatic rings. The van der Waals surface area contributed by atoms with E-state index in [4.69, 9.17) is 40.2 Å². The largest absolute Gasteiger partial charge is 0.488 e. The fraction of sp³-hybridized carbons (Fsp3) is 0.0417. The van der Waals surface area contributed by atoms with Crippen molar-refractivity contribution in [2.75, 3.05) is 4.90 Å². The van der Waals surface area contributed by atoms with Crippen LogP contribution in [0, 0.1) is 0 Å². The van der Waals surface area contributed by atoms with Crippen molar-refractivity contribution in [1.82, 2.24) is 5.32 Å². The van der Waals surface area contributed by atoms with E-state index in [1.54, 1.807) is 54.6 Å². The van der Waals surface area contributed by atoms with Crippen molar-refractivity contribution in [3.63, 3.8) is 0 Å². The number of nitrogens with one attached hydrogen (secondary N) is 1. The summed E-state index contributed by atoms with van der Waals surface area (Å²) >= 11 is 17.4. The van der Waals surface area contributed by atoms with Crippen LogP contribution in [0.5, 0.6) is 5.75 Å². The molecule has 8 heteroatoms. The van der Waals surface area contributed by atoms with Gasteiger partial charge in [0, 0.05) is 15.6 Å². The van der Waals surface area contributed by atoms with E-state index in [9.17, 15) is 9.59 Å². The van der Waals surface area contributed by atoms with Gasteiger partial charge in [0.15, 0.2) is 5.11 Å². The quantitative estimate of drug-likeness (QED) is 0.300. The molecule has 1 N–H and O–H groups in total. The summed E-state index contributed by atoms with van der Waals surface area (Å²) in [5.74, 6) is -0.666. The van der Waals surface area contributed by atoms with E-state index in [0.717, 1.165) is 5.56 Å². The molecule has 0 bridgehead atoms. The van der Waals surface area contributed by atoms with E-state index in [1.165, 1.54) is 11.0 Å². The molecule has 5 nitrogen and oxygen atoms in total. The van der Waals surface area contributed by atoms with Gasteiger partial charge in [-0.3, -0.25) is 19.8 Å². The number of rotatable bonds is 5. The van der Waals surface area contributed by atoms with E-state index in [2.05, 4.69) is 5.32 Å². The van der Waals surface area contributed by atoms with Gasteiger partial charge in [0.2, 0.25) is 0 Å². The second-order valence-corrected chi connectivity index (χ2v) is 8.15. The number of benzene rings is 3. The summed E-state index contributed by atoms with van der Waals surface area (Å²) in [5.41, 5.74) is 1.83. The van der Waals surface area contributed by atoms with Gasteiger partial charge in [0.05, 0.1) is 5.69 Å². The van der Waals surface area contributed by atoms with Crippen LogP contribution < -0.4 is 15.0 Å². The van der Waals surface area contributed by atoms with Gasteiger partial charge in [-0.2, -0.15) is 0 Å². The van der Waals surface area contributed by atoms with Crippen molar-refractivity contribution >= 4 is 64.1 Å². The first-order valence-corrected chi connectivity index (χ1v) is 10.7. The minimum absolute atomic E-state index is 0.0203. The Kier molecular flexibility index (Phi) is 6.55. The zero-order valence-electron chi connectivity index (χ0n) is 16.5. The van der Waals surface area contributed by atoms with E-state index < -0.39 is 11.8 Å². The first-order chi connectivity index (χ1) is 15.4. The molecule has 0 spiro atoms. The lowest BCUT2D eigenvalue weighted by molar-refractivity contribution is -0.122. The van der Waals surface area contributed by atoms with Crippen molar-refractivity contribution < 1.29 is 14.3 Å². The molecule has 0 aliphatic carbocycles. The number of thiocarbonyl (C=S) groups is 1. The summed E-state index contributed by atoms with van der Waals surface area (Å²) in [6.07, 6.45) is 1.45. The van der Waals surface area contributed by atoms with Crippen LogP contribution in [0.2, 0.25) is 10.0 Å². The van der Waals surface area contributed by atoms with Crippen LogP contribution in [0.4, 0.5) is 5.69 Å². The Balaban J connectivity index is 1.67. The fourth-order valence-corrected chi connectivity index (χ4v) is 3.85. The molecule has 0 saturated carbocycles. The van der Waals surface area contributed by atoms with E-state index in [1.807, 2.05) is 18.2 Å². The fourth-order valence-electron chi connectivity index (χ4n) is 3.18. The molecule has 4 rings (SSSR count). The highest BCUT2D eigenvalue weighted by atomic mass is 35.5. The Morgan fingerprint density at radius 2 is 1.69 bits per heavy atom. The number of halogens is 2. The maximum Gasteiger partial charge on any atom is 0.270 e. The third-order valence-electron chi connectivity index (χ3n) is 4.67. The second-order valence-electron chi connectivity index (χ2n) is 6.89. The zero-order chi connectivity index (χ0) is 22.7. The maximum atomic E-state index is 13.2. The summed E-state index contributed by atoms with van der Waals surface area (Å²) in [7, 11) is 0. The number of anilines is 1. The number of carbonyl (C=O) groups excluding carboxylic acids is 2. The Bertz CT molecular complexity index is 1250. The van der Waals surface area contributed by atoms with Crippen LogP contribution in [-0.4, -0.2) is 16.9 Å². The van der Waals surface area contributed by atoms with Gasteiger partial charge in [-0.15, -0.1) is 0 Å².